The summed E-state index contributed by atoms with van der Waals surface area (Å²) in [5.41, 5.74) is 2.95. The van der Waals surface area contributed by atoms with E-state index in [0.717, 1.165) is 17.1 Å². The van der Waals surface area contributed by atoms with Crippen LogP contribution in [0.25, 0.3) is 11.8 Å². The molecule has 0 N–H and O–H groups in total. The zero-order valence-corrected chi connectivity index (χ0v) is 12.3. The minimum Gasteiger partial charge on any atom is -0.544 e. The van der Waals surface area contributed by atoms with Crippen molar-refractivity contribution in [3.63, 3.8) is 0 Å². The summed E-state index contributed by atoms with van der Waals surface area (Å²) in [6, 6.07) is 10.8. The van der Waals surface area contributed by atoms with Crippen molar-refractivity contribution in [2.24, 2.45) is 0 Å². The molecule has 5 heteroatoms. The van der Waals surface area contributed by atoms with Gasteiger partial charge >= 0.3 is 0 Å². The molecule has 0 radical (unpaired) electrons. The molecule has 0 spiro atoms. The summed E-state index contributed by atoms with van der Waals surface area (Å²) in [6.45, 7) is 3.77. The Labute approximate surface area is 127 Å². The predicted octanol–water partition coefficient (Wildman–Crippen LogP) is 2.40. The van der Waals surface area contributed by atoms with Crippen LogP contribution >= 0.6 is 11.6 Å². The Bertz CT molecular complexity index is 765. The lowest BCUT2D eigenvalue weighted by atomic mass is 10.1. The Morgan fingerprint density at radius 3 is 2.48 bits per heavy atom. The molecule has 4 nitrogen and oxygen atoms in total. The van der Waals surface area contributed by atoms with E-state index in [1.165, 1.54) is 6.08 Å². The second-order valence-corrected chi connectivity index (χ2v) is 5.03. The van der Waals surface area contributed by atoms with Gasteiger partial charge in [0.05, 0.1) is 11.5 Å². The average Bonchev–Trinajstić information content (AvgIpc) is 2.71. The molecule has 1 heterocycles. The van der Waals surface area contributed by atoms with Gasteiger partial charge in [0.1, 0.15) is 6.07 Å². The van der Waals surface area contributed by atoms with Crippen LogP contribution in [0.15, 0.2) is 35.9 Å². The van der Waals surface area contributed by atoms with Crippen LogP contribution < -0.4 is 5.11 Å². The van der Waals surface area contributed by atoms with Gasteiger partial charge in [-0.25, -0.2) is 0 Å². The van der Waals surface area contributed by atoms with E-state index in [1.54, 1.807) is 18.2 Å². The first-order valence-corrected chi connectivity index (χ1v) is 6.60. The highest BCUT2D eigenvalue weighted by atomic mass is 35.5. The Morgan fingerprint density at radius 2 is 1.95 bits per heavy atom. The fourth-order valence-corrected chi connectivity index (χ4v) is 2.34. The third kappa shape index (κ3) is 2.99. The molecule has 0 saturated carbocycles. The maximum absolute atomic E-state index is 10.8. The van der Waals surface area contributed by atoms with Gasteiger partial charge in [-0.05, 0) is 55.8 Å². The number of hydrogen-bond donors (Lipinski definition) is 0. The topological polar surface area (TPSA) is 68.8 Å². The molecule has 0 atom stereocenters. The Morgan fingerprint density at radius 1 is 1.33 bits per heavy atom. The SMILES string of the molecule is Cc1cc(/C=C(\C#N)C(=O)[O-])c(C)n1-c1ccc(Cl)cc1. The standard InChI is InChI=1S/C16H13ClN2O2/c1-10-7-12(8-13(9-18)16(20)21)11(2)19(10)15-5-3-14(17)4-6-15/h3-8H,1-2H3,(H,20,21)/p-1/b13-8+. The molecular formula is C16H12ClN2O2-. The first-order chi connectivity index (χ1) is 9.93. The summed E-state index contributed by atoms with van der Waals surface area (Å²) >= 11 is 5.88. The Kier molecular flexibility index (Phi) is 4.15. The van der Waals surface area contributed by atoms with Gasteiger partial charge in [0.15, 0.2) is 0 Å². The van der Waals surface area contributed by atoms with Gasteiger partial charge in [-0.15, -0.1) is 0 Å². The van der Waals surface area contributed by atoms with E-state index in [9.17, 15) is 9.90 Å². The summed E-state index contributed by atoms with van der Waals surface area (Å²) < 4.78 is 1.96. The van der Waals surface area contributed by atoms with Gasteiger partial charge in [-0.3, -0.25) is 0 Å². The lowest BCUT2D eigenvalue weighted by Crippen LogP contribution is -2.23. The zero-order valence-electron chi connectivity index (χ0n) is 11.6. The van der Waals surface area contributed by atoms with Crippen LogP contribution in [0.3, 0.4) is 0 Å². The van der Waals surface area contributed by atoms with Gasteiger partial charge in [-0.1, -0.05) is 11.6 Å². The number of aromatic nitrogens is 1. The Hall–Kier alpha value is -2.51. The zero-order chi connectivity index (χ0) is 15.6. The number of carboxylic acids is 1. The smallest absolute Gasteiger partial charge is 0.101 e. The fraction of sp³-hybridized carbons (Fsp3) is 0.125. The molecule has 0 bridgehead atoms. The molecule has 0 aliphatic heterocycles. The van der Waals surface area contributed by atoms with Crippen LogP contribution in [0.2, 0.25) is 5.02 Å². The third-order valence-corrected chi connectivity index (χ3v) is 3.45. The van der Waals surface area contributed by atoms with Crippen LogP contribution in [-0.4, -0.2) is 10.5 Å². The van der Waals surface area contributed by atoms with Crippen molar-refractivity contribution < 1.29 is 9.90 Å². The Balaban J connectivity index is 2.55. The second-order valence-electron chi connectivity index (χ2n) is 4.60. The molecule has 0 fully saturated rings. The molecule has 2 aromatic rings. The third-order valence-electron chi connectivity index (χ3n) is 3.20. The van der Waals surface area contributed by atoms with Crippen LogP contribution in [0, 0.1) is 25.2 Å². The molecule has 106 valence electrons. The van der Waals surface area contributed by atoms with Crippen LogP contribution in [0.1, 0.15) is 17.0 Å². The van der Waals surface area contributed by atoms with Gasteiger partial charge in [0, 0.05) is 22.1 Å². The molecule has 0 aliphatic carbocycles. The maximum Gasteiger partial charge on any atom is 0.101 e. The number of benzene rings is 1. The van der Waals surface area contributed by atoms with E-state index < -0.39 is 11.5 Å². The predicted molar refractivity (Wildman–Crippen MR) is 78.9 cm³/mol. The maximum atomic E-state index is 10.8. The van der Waals surface area contributed by atoms with E-state index >= 15 is 0 Å². The van der Waals surface area contributed by atoms with E-state index in [0.29, 0.717) is 10.6 Å². The fourth-order valence-electron chi connectivity index (χ4n) is 2.21. The molecule has 2 rings (SSSR count). The molecule has 0 aliphatic rings. The summed E-state index contributed by atoms with van der Waals surface area (Å²) in [5, 5.41) is 20.3. The van der Waals surface area contributed by atoms with Crippen LogP contribution in [-0.2, 0) is 4.79 Å². The van der Waals surface area contributed by atoms with Gasteiger partial charge in [0.2, 0.25) is 0 Å². The molecule has 0 amide bonds. The lowest BCUT2D eigenvalue weighted by Gasteiger charge is -2.09. The number of nitriles is 1. The van der Waals surface area contributed by atoms with Crippen molar-refractivity contribution in [3.05, 3.63) is 57.9 Å². The van der Waals surface area contributed by atoms with Crippen LogP contribution in [0.5, 0.6) is 0 Å². The second kappa shape index (κ2) is 5.86. The first kappa shape index (κ1) is 14.9. The van der Waals surface area contributed by atoms with E-state index in [4.69, 9.17) is 16.9 Å². The quantitative estimate of drug-likeness (QED) is 0.645. The molecule has 0 unspecified atom stereocenters. The van der Waals surface area contributed by atoms with Crippen molar-refractivity contribution in [2.45, 2.75) is 13.8 Å². The largest absolute Gasteiger partial charge is 0.544 e. The number of carboxylic acid groups (broad SMARTS) is 1. The number of carbonyl (C=O) groups excluding carboxylic acids is 1. The number of halogens is 1. The van der Waals surface area contributed by atoms with E-state index in [1.807, 2.05) is 36.6 Å². The van der Waals surface area contributed by atoms with Crippen molar-refractivity contribution in [3.8, 4) is 11.8 Å². The molecule has 1 aromatic carbocycles. The summed E-state index contributed by atoms with van der Waals surface area (Å²) in [5.74, 6) is -1.48. The van der Waals surface area contributed by atoms with Crippen molar-refractivity contribution in [1.82, 2.24) is 4.57 Å². The minimum absolute atomic E-state index is 0.397. The first-order valence-electron chi connectivity index (χ1n) is 6.22. The molecule has 0 saturated heterocycles. The number of rotatable bonds is 3. The van der Waals surface area contributed by atoms with Gasteiger partial charge < -0.3 is 14.5 Å². The number of nitrogens with zero attached hydrogens (tertiary/aromatic N) is 2. The van der Waals surface area contributed by atoms with Crippen molar-refractivity contribution in [2.75, 3.05) is 0 Å². The minimum atomic E-state index is -1.48. The molecular weight excluding hydrogens is 288 g/mol. The van der Waals surface area contributed by atoms with E-state index in [2.05, 4.69) is 0 Å². The van der Waals surface area contributed by atoms with Gasteiger partial charge in [0.25, 0.3) is 0 Å². The van der Waals surface area contributed by atoms with E-state index in [-0.39, 0.29) is 0 Å². The normalized spacial score (nSPS) is 11.2. The average molecular weight is 300 g/mol. The number of carbonyl (C=O) groups is 1. The van der Waals surface area contributed by atoms with Gasteiger partial charge in [-0.2, -0.15) is 5.26 Å². The number of aliphatic carboxylic acids is 1. The summed E-state index contributed by atoms with van der Waals surface area (Å²) in [6.07, 6.45) is 1.32. The van der Waals surface area contributed by atoms with Crippen molar-refractivity contribution in [1.29, 1.82) is 5.26 Å². The number of hydrogen-bond acceptors (Lipinski definition) is 3. The van der Waals surface area contributed by atoms with Crippen LogP contribution in [0.4, 0.5) is 0 Å². The molecule has 1 aromatic heterocycles. The molecule has 21 heavy (non-hydrogen) atoms. The lowest BCUT2D eigenvalue weighted by molar-refractivity contribution is -0.298. The summed E-state index contributed by atoms with van der Waals surface area (Å²) in [4.78, 5) is 10.8. The monoisotopic (exact) mass is 299 g/mol. The highest BCUT2D eigenvalue weighted by Crippen LogP contribution is 2.23. The highest BCUT2D eigenvalue weighted by molar-refractivity contribution is 6.30. The summed E-state index contributed by atoms with van der Waals surface area (Å²) in [7, 11) is 0. The number of aryl methyl sites for hydroxylation is 1. The highest BCUT2D eigenvalue weighted by Gasteiger charge is 2.10. The van der Waals surface area contributed by atoms with Crippen molar-refractivity contribution >= 4 is 23.6 Å².